The van der Waals surface area contributed by atoms with Crippen molar-refractivity contribution < 1.29 is 13.2 Å². The van der Waals surface area contributed by atoms with Crippen molar-refractivity contribution in [1.82, 2.24) is 14.5 Å². The van der Waals surface area contributed by atoms with Crippen LogP contribution in [-0.2, 0) is 14.8 Å². The molecule has 2 aliphatic rings. The number of hydrogen-bond acceptors (Lipinski definition) is 4. The Morgan fingerprint density at radius 3 is 2.43 bits per heavy atom. The van der Waals surface area contributed by atoms with Gasteiger partial charge >= 0.3 is 0 Å². The van der Waals surface area contributed by atoms with Gasteiger partial charge in [0.1, 0.15) is 0 Å². The van der Waals surface area contributed by atoms with Crippen LogP contribution in [0.2, 0.25) is 0 Å². The van der Waals surface area contributed by atoms with Gasteiger partial charge in [-0.2, -0.15) is 4.31 Å². The molecule has 0 aromatic carbocycles. The molecule has 0 aromatic rings. The van der Waals surface area contributed by atoms with Gasteiger partial charge < -0.3 is 10.2 Å². The van der Waals surface area contributed by atoms with Crippen molar-refractivity contribution in [2.24, 2.45) is 5.92 Å². The van der Waals surface area contributed by atoms with Crippen molar-refractivity contribution in [2.75, 3.05) is 45.5 Å². The van der Waals surface area contributed by atoms with Crippen LogP contribution in [0.5, 0.6) is 0 Å². The van der Waals surface area contributed by atoms with Crippen LogP contribution in [0, 0.1) is 5.92 Å². The lowest BCUT2D eigenvalue weighted by Gasteiger charge is -2.32. The van der Waals surface area contributed by atoms with Crippen molar-refractivity contribution in [1.29, 1.82) is 0 Å². The molecule has 6 nitrogen and oxygen atoms in total. The third kappa shape index (κ3) is 5.09. The number of nitrogens with one attached hydrogen (secondary N) is 1. The molecular formula is C13H26ClN3O3S. The molecule has 0 spiro atoms. The van der Waals surface area contributed by atoms with E-state index in [2.05, 4.69) is 5.32 Å². The van der Waals surface area contributed by atoms with Crippen molar-refractivity contribution in [3.63, 3.8) is 0 Å². The Morgan fingerprint density at radius 2 is 1.90 bits per heavy atom. The first kappa shape index (κ1) is 18.7. The normalized spacial score (nSPS) is 23.0. The van der Waals surface area contributed by atoms with Gasteiger partial charge in [-0.05, 0) is 45.2 Å². The first-order chi connectivity index (χ1) is 9.53. The fourth-order valence-electron chi connectivity index (χ4n) is 2.94. The second kappa shape index (κ2) is 8.31. The molecule has 2 aliphatic heterocycles. The monoisotopic (exact) mass is 339 g/mol. The van der Waals surface area contributed by atoms with Gasteiger partial charge in [-0.25, -0.2) is 8.42 Å². The molecule has 2 saturated heterocycles. The van der Waals surface area contributed by atoms with Crippen LogP contribution in [0.3, 0.4) is 0 Å². The van der Waals surface area contributed by atoms with Crippen molar-refractivity contribution in [3.05, 3.63) is 0 Å². The molecule has 124 valence electrons. The van der Waals surface area contributed by atoms with Crippen LogP contribution in [0.4, 0.5) is 0 Å². The molecule has 0 radical (unpaired) electrons. The van der Waals surface area contributed by atoms with Crippen LogP contribution in [0.15, 0.2) is 0 Å². The zero-order valence-corrected chi connectivity index (χ0v) is 14.2. The maximum absolute atomic E-state index is 12.2. The molecule has 8 heteroatoms. The molecule has 0 aromatic heterocycles. The second-order valence-electron chi connectivity index (χ2n) is 5.72. The van der Waals surface area contributed by atoms with Crippen LogP contribution >= 0.6 is 12.4 Å². The lowest BCUT2D eigenvalue weighted by molar-refractivity contribution is -0.132. The molecule has 21 heavy (non-hydrogen) atoms. The highest BCUT2D eigenvalue weighted by Crippen LogP contribution is 2.21. The fourth-order valence-corrected chi connectivity index (χ4v) is 4.41. The quantitative estimate of drug-likeness (QED) is 0.781. The van der Waals surface area contributed by atoms with E-state index in [1.807, 2.05) is 11.9 Å². The summed E-state index contributed by atoms with van der Waals surface area (Å²) in [5.74, 6) is 0.830. The van der Waals surface area contributed by atoms with E-state index in [4.69, 9.17) is 0 Å². The number of amides is 1. The molecule has 0 saturated carbocycles. The van der Waals surface area contributed by atoms with Crippen molar-refractivity contribution >= 4 is 28.3 Å². The maximum Gasteiger partial charge on any atom is 0.237 e. The minimum atomic E-state index is -3.17. The summed E-state index contributed by atoms with van der Waals surface area (Å²) < 4.78 is 24.7. The molecule has 2 heterocycles. The number of sulfonamides is 1. The van der Waals surface area contributed by atoms with E-state index in [1.54, 1.807) is 0 Å². The summed E-state index contributed by atoms with van der Waals surface area (Å²) in [5.41, 5.74) is 0. The van der Waals surface area contributed by atoms with Gasteiger partial charge in [0.15, 0.2) is 0 Å². The van der Waals surface area contributed by atoms with Crippen LogP contribution in [-0.4, -0.2) is 69.1 Å². The molecule has 0 atom stereocenters. The maximum atomic E-state index is 12.2. The average molecular weight is 340 g/mol. The highest BCUT2D eigenvalue weighted by Gasteiger charge is 2.32. The van der Waals surface area contributed by atoms with E-state index in [0.29, 0.717) is 18.9 Å². The number of carbonyl (C=O) groups excluding carboxylic acids is 1. The Bertz CT molecular complexity index is 436. The average Bonchev–Trinajstić information content (AvgIpc) is 2.76. The van der Waals surface area contributed by atoms with E-state index in [0.717, 1.165) is 38.9 Å². The molecule has 0 aliphatic carbocycles. The van der Waals surface area contributed by atoms with E-state index >= 15 is 0 Å². The minimum Gasteiger partial charge on any atom is -0.342 e. The highest BCUT2D eigenvalue weighted by molar-refractivity contribution is 7.89. The van der Waals surface area contributed by atoms with Gasteiger partial charge in [-0.1, -0.05) is 0 Å². The number of halogens is 1. The number of hydrogen-bond donors (Lipinski definition) is 1. The van der Waals surface area contributed by atoms with E-state index in [9.17, 15) is 13.2 Å². The van der Waals surface area contributed by atoms with Crippen LogP contribution < -0.4 is 5.32 Å². The number of carbonyl (C=O) groups is 1. The predicted octanol–water partition coefficient (Wildman–Crippen LogP) is 0.292. The Morgan fingerprint density at radius 1 is 1.24 bits per heavy atom. The van der Waals surface area contributed by atoms with E-state index < -0.39 is 10.0 Å². The van der Waals surface area contributed by atoms with Gasteiger partial charge in [-0.3, -0.25) is 4.79 Å². The number of rotatable bonds is 5. The SMILES string of the molecule is CNCCC1CCN(C(=O)CN2CCCS2(=O)=O)CC1.Cl. The summed E-state index contributed by atoms with van der Waals surface area (Å²) in [7, 11) is -1.21. The first-order valence-electron chi connectivity index (χ1n) is 7.43. The molecule has 0 bridgehead atoms. The van der Waals surface area contributed by atoms with Crippen molar-refractivity contribution in [3.8, 4) is 0 Å². The third-order valence-electron chi connectivity index (χ3n) is 4.28. The summed E-state index contributed by atoms with van der Waals surface area (Å²) in [6.45, 7) is 3.07. The Kier molecular flexibility index (Phi) is 7.39. The summed E-state index contributed by atoms with van der Waals surface area (Å²) in [4.78, 5) is 14.0. The van der Waals surface area contributed by atoms with Gasteiger partial charge in [0.05, 0.1) is 12.3 Å². The topological polar surface area (TPSA) is 69.7 Å². The second-order valence-corrected chi connectivity index (χ2v) is 7.81. The first-order valence-corrected chi connectivity index (χ1v) is 9.04. The zero-order valence-electron chi connectivity index (χ0n) is 12.6. The number of likely N-dealkylation sites (tertiary alicyclic amines) is 1. The summed E-state index contributed by atoms with van der Waals surface area (Å²) in [6.07, 6.45) is 3.85. The number of piperidine rings is 1. The molecule has 1 amide bonds. The van der Waals surface area contributed by atoms with Crippen LogP contribution in [0.1, 0.15) is 25.7 Å². The molecule has 2 rings (SSSR count). The van der Waals surface area contributed by atoms with Gasteiger partial charge in [0, 0.05) is 19.6 Å². The van der Waals surface area contributed by atoms with Crippen LogP contribution in [0.25, 0.3) is 0 Å². The summed E-state index contributed by atoms with van der Waals surface area (Å²) in [6, 6.07) is 0. The molecule has 2 fully saturated rings. The van der Waals surface area contributed by atoms with Gasteiger partial charge in [-0.15, -0.1) is 12.4 Å². The Balaban J connectivity index is 0.00000220. The summed E-state index contributed by atoms with van der Waals surface area (Å²) >= 11 is 0. The molecule has 0 unspecified atom stereocenters. The number of nitrogens with zero attached hydrogens (tertiary/aromatic N) is 2. The van der Waals surface area contributed by atoms with E-state index in [1.165, 1.54) is 4.31 Å². The van der Waals surface area contributed by atoms with Gasteiger partial charge in [0.2, 0.25) is 15.9 Å². The fraction of sp³-hybridized carbons (Fsp3) is 0.923. The predicted molar refractivity (Wildman–Crippen MR) is 85.1 cm³/mol. The van der Waals surface area contributed by atoms with E-state index in [-0.39, 0.29) is 30.6 Å². The summed E-state index contributed by atoms with van der Waals surface area (Å²) in [5, 5.41) is 3.15. The van der Waals surface area contributed by atoms with Crippen molar-refractivity contribution in [2.45, 2.75) is 25.7 Å². The lowest BCUT2D eigenvalue weighted by atomic mass is 9.93. The zero-order chi connectivity index (χ0) is 14.6. The standard InChI is InChI=1S/C13H25N3O3S.ClH/c1-14-6-3-12-4-8-15(9-5-12)13(17)11-16-7-2-10-20(16,18)19;/h12,14H,2-11H2,1H3;1H. The smallest absolute Gasteiger partial charge is 0.237 e. The molecule has 1 N–H and O–H groups in total. The lowest BCUT2D eigenvalue weighted by Crippen LogP contribution is -2.44. The third-order valence-corrected chi connectivity index (χ3v) is 6.19. The molecular weight excluding hydrogens is 314 g/mol. The Hall–Kier alpha value is -0.370. The largest absolute Gasteiger partial charge is 0.342 e. The Labute approximate surface area is 133 Å². The minimum absolute atomic E-state index is 0. The van der Waals surface area contributed by atoms with Gasteiger partial charge in [0.25, 0.3) is 0 Å². The highest BCUT2D eigenvalue weighted by atomic mass is 35.5.